The summed E-state index contributed by atoms with van der Waals surface area (Å²) in [5, 5.41) is 14.7. The van der Waals surface area contributed by atoms with E-state index in [2.05, 4.69) is 5.32 Å². The Hall–Kier alpha value is -3.56. The number of hydrogen-bond donors (Lipinski definition) is 2. The van der Waals surface area contributed by atoms with Gasteiger partial charge in [0.25, 0.3) is 11.2 Å². The number of urea groups is 1. The van der Waals surface area contributed by atoms with E-state index in [1.807, 2.05) is 5.32 Å². The number of nitrogens with zero attached hydrogens (tertiary/aromatic N) is 2. The third kappa shape index (κ3) is 4.22. The molecule has 24 heavy (non-hydrogen) atoms. The van der Waals surface area contributed by atoms with E-state index < -0.39 is 34.8 Å². The van der Waals surface area contributed by atoms with Crippen molar-refractivity contribution < 1.29 is 18.9 Å². The van der Waals surface area contributed by atoms with Crippen LogP contribution >= 0.6 is 0 Å². The predicted octanol–water partition coefficient (Wildman–Crippen LogP) is 1.24. The summed E-state index contributed by atoms with van der Waals surface area (Å²) in [6.07, 6.45) is 0.886. The number of hydrogen-bond acceptors (Lipinski definition) is 5. The molecule has 0 atom stereocenters. The van der Waals surface area contributed by atoms with Crippen LogP contribution in [0, 0.1) is 15.9 Å². The van der Waals surface area contributed by atoms with Crippen LogP contribution in [-0.2, 0) is 11.3 Å². The molecule has 0 saturated heterocycles. The van der Waals surface area contributed by atoms with E-state index in [0.717, 1.165) is 29.0 Å². The Balaban J connectivity index is 2.02. The second-order valence-corrected chi connectivity index (χ2v) is 4.59. The van der Waals surface area contributed by atoms with Gasteiger partial charge in [-0.15, -0.1) is 0 Å². The molecular formula is C14H11FN4O5. The van der Waals surface area contributed by atoms with Crippen molar-refractivity contribution in [3.05, 3.63) is 68.9 Å². The minimum atomic E-state index is -0.997. The number of aromatic nitrogens is 1. The van der Waals surface area contributed by atoms with Gasteiger partial charge in [-0.1, -0.05) is 12.1 Å². The Morgan fingerprint density at radius 3 is 2.58 bits per heavy atom. The molecule has 10 heteroatoms. The number of pyridine rings is 1. The first-order valence-electron chi connectivity index (χ1n) is 6.57. The molecule has 0 aliphatic heterocycles. The number of carbonyl (C=O) groups is 2. The Morgan fingerprint density at radius 1 is 1.21 bits per heavy atom. The molecule has 0 unspecified atom stereocenters. The number of benzene rings is 1. The smallest absolute Gasteiger partial charge is 0.305 e. The van der Waals surface area contributed by atoms with E-state index in [9.17, 15) is 28.9 Å². The first kappa shape index (κ1) is 16.8. The molecular weight excluding hydrogens is 323 g/mol. The Bertz CT molecular complexity index is 864. The lowest BCUT2D eigenvalue weighted by atomic mass is 10.3. The summed E-state index contributed by atoms with van der Waals surface area (Å²) in [5.74, 6) is -1.58. The molecule has 0 aliphatic carbocycles. The number of nitrogens with one attached hydrogen (secondary N) is 2. The van der Waals surface area contributed by atoms with Crippen molar-refractivity contribution in [1.29, 1.82) is 0 Å². The SMILES string of the molecule is O=C(Cn1cc([N+](=O)[O-])ccc1=O)NC(=O)Nc1ccccc1F. The van der Waals surface area contributed by atoms with Gasteiger partial charge in [0.15, 0.2) is 0 Å². The molecule has 9 nitrogen and oxygen atoms in total. The minimum absolute atomic E-state index is 0.129. The maximum Gasteiger partial charge on any atom is 0.326 e. The van der Waals surface area contributed by atoms with E-state index in [-0.39, 0.29) is 11.4 Å². The lowest BCUT2D eigenvalue weighted by Gasteiger charge is -2.08. The third-order valence-electron chi connectivity index (χ3n) is 2.87. The number of imide groups is 1. The van der Waals surface area contributed by atoms with Gasteiger partial charge >= 0.3 is 6.03 Å². The first-order valence-corrected chi connectivity index (χ1v) is 6.57. The Morgan fingerprint density at radius 2 is 1.92 bits per heavy atom. The molecule has 1 aromatic carbocycles. The summed E-state index contributed by atoms with van der Waals surface area (Å²) >= 11 is 0. The lowest BCUT2D eigenvalue weighted by molar-refractivity contribution is -0.385. The van der Waals surface area contributed by atoms with E-state index in [1.165, 1.54) is 18.2 Å². The van der Waals surface area contributed by atoms with Crippen LogP contribution in [0.5, 0.6) is 0 Å². The molecule has 2 rings (SSSR count). The summed E-state index contributed by atoms with van der Waals surface area (Å²) in [6.45, 7) is -0.606. The van der Waals surface area contributed by atoms with Crippen LogP contribution in [0.3, 0.4) is 0 Å². The van der Waals surface area contributed by atoms with Crippen molar-refractivity contribution in [2.75, 3.05) is 5.32 Å². The zero-order valence-electron chi connectivity index (χ0n) is 12.1. The van der Waals surface area contributed by atoms with Crippen molar-refractivity contribution in [2.45, 2.75) is 6.54 Å². The van der Waals surface area contributed by atoms with E-state index >= 15 is 0 Å². The quantitative estimate of drug-likeness (QED) is 0.643. The predicted molar refractivity (Wildman–Crippen MR) is 80.9 cm³/mol. The summed E-state index contributed by atoms with van der Waals surface area (Å²) in [6, 6.07) is 6.28. The number of anilines is 1. The summed E-state index contributed by atoms with van der Waals surface area (Å²) in [4.78, 5) is 44.8. The second-order valence-electron chi connectivity index (χ2n) is 4.59. The van der Waals surface area contributed by atoms with E-state index in [0.29, 0.717) is 0 Å². The molecule has 3 amide bonds. The van der Waals surface area contributed by atoms with Crippen LogP contribution in [0.2, 0.25) is 0 Å². The second kappa shape index (κ2) is 7.13. The Labute approximate surface area is 133 Å². The minimum Gasteiger partial charge on any atom is -0.305 e. The van der Waals surface area contributed by atoms with Gasteiger partial charge in [0.1, 0.15) is 12.4 Å². The molecule has 2 N–H and O–H groups in total. The highest BCUT2D eigenvalue weighted by molar-refractivity contribution is 6.01. The van der Waals surface area contributed by atoms with Crippen LogP contribution in [0.1, 0.15) is 0 Å². The molecule has 0 spiro atoms. The number of nitro groups is 1. The zero-order valence-corrected chi connectivity index (χ0v) is 12.1. The molecule has 124 valence electrons. The van der Waals surface area contributed by atoms with Crippen LogP contribution in [0.15, 0.2) is 47.4 Å². The van der Waals surface area contributed by atoms with Crippen molar-refractivity contribution in [3.63, 3.8) is 0 Å². The van der Waals surface area contributed by atoms with Crippen LogP contribution in [-0.4, -0.2) is 21.4 Å². The highest BCUT2D eigenvalue weighted by atomic mass is 19.1. The summed E-state index contributed by atoms with van der Waals surface area (Å²) in [7, 11) is 0. The number of para-hydroxylation sites is 1. The molecule has 2 aromatic rings. The summed E-state index contributed by atoms with van der Waals surface area (Å²) < 4.78 is 14.2. The van der Waals surface area contributed by atoms with Crippen molar-refractivity contribution in [1.82, 2.24) is 9.88 Å². The van der Waals surface area contributed by atoms with Gasteiger partial charge in [-0.25, -0.2) is 9.18 Å². The van der Waals surface area contributed by atoms with Gasteiger partial charge in [-0.3, -0.25) is 29.6 Å². The molecule has 1 heterocycles. The monoisotopic (exact) mass is 334 g/mol. The fraction of sp³-hybridized carbons (Fsp3) is 0.0714. The molecule has 0 aliphatic rings. The van der Waals surface area contributed by atoms with Gasteiger partial charge in [0.05, 0.1) is 16.8 Å². The van der Waals surface area contributed by atoms with Crippen LogP contribution in [0.4, 0.5) is 20.6 Å². The zero-order chi connectivity index (χ0) is 17.7. The Kier molecular flexibility index (Phi) is 5.00. The fourth-order valence-electron chi connectivity index (χ4n) is 1.79. The van der Waals surface area contributed by atoms with Crippen molar-refractivity contribution in [3.8, 4) is 0 Å². The van der Waals surface area contributed by atoms with E-state index in [1.54, 1.807) is 0 Å². The average molecular weight is 334 g/mol. The lowest BCUT2D eigenvalue weighted by Crippen LogP contribution is -2.38. The maximum atomic E-state index is 13.4. The van der Waals surface area contributed by atoms with Crippen molar-refractivity contribution in [2.24, 2.45) is 0 Å². The normalized spacial score (nSPS) is 10.0. The van der Waals surface area contributed by atoms with Gasteiger partial charge in [0, 0.05) is 12.1 Å². The average Bonchev–Trinajstić information content (AvgIpc) is 2.51. The standard InChI is InChI=1S/C14H11FN4O5/c15-10-3-1-2-4-11(10)16-14(22)17-12(20)8-18-7-9(19(23)24)5-6-13(18)21/h1-7H,8H2,(H2,16,17,20,22). The fourth-order valence-corrected chi connectivity index (χ4v) is 1.79. The van der Waals surface area contributed by atoms with Gasteiger partial charge in [-0.05, 0) is 12.1 Å². The molecule has 0 fully saturated rings. The topological polar surface area (TPSA) is 123 Å². The largest absolute Gasteiger partial charge is 0.326 e. The molecule has 0 saturated carbocycles. The molecule has 0 radical (unpaired) electrons. The number of amides is 3. The molecule has 0 bridgehead atoms. The van der Waals surface area contributed by atoms with Crippen LogP contribution in [0.25, 0.3) is 0 Å². The maximum absolute atomic E-state index is 13.4. The van der Waals surface area contributed by atoms with Crippen molar-refractivity contribution >= 4 is 23.3 Å². The summed E-state index contributed by atoms with van der Waals surface area (Å²) in [5.41, 5.74) is -1.15. The highest BCUT2D eigenvalue weighted by Crippen LogP contribution is 2.11. The number of halogens is 1. The highest BCUT2D eigenvalue weighted by Gasteiger charge is 2.13. The van der Waals surface area contributed by atoms with Gasteiger partial charge in [0.2, 0.25) is 5.91 Å². The van der Waals surface area contributed by atoms with Gasteiger partial charge in [-0.2, -0.15) is 0 Å². The van der Waals surface area contributed by atoms with Gasteiger partial charge < -0.3 is 5.32 Å². The first-order chi connectivity index (χ1) is 11.4. The van der Waals surface area contributed by atoms with Crippen LogP contribution < -0.4 is 16.2 Å². The number of carbonyl (C=O) groups excluding carboxylic acids is 2. The molecule has 1 aromatic heterocycles. The third-order valence-corrected chi connectivity index (χ3v) is 2.87. The van der Waals surface area contributed by atoms with E-state index in [4.69, 9.17) is 0 Å². The number of rotatable bonds is 4.